The SMILES string of the molecule is CCCCCC(C)(C)NC(=O)[C@H]1CC[C@H]2[C@@H]3CC[C@H]4OC(=O)C=C[C@]4(C)[C@H]3CC[C@]12C. The van der Waals surface area contributed by atoms with Crippen LogP contribution in [0, 0.1) is 34.5 Å². The number of nitrogens with one attached hydrogen (secondary N) is 1. The summed E-state index contributed by atoms with van der Waals surface area (Å²) in [5, 5.41) is 3.44. The molecule has 0 aromatic rings. The van der Waals surface area contributed by atoms with Gasteiger partial charge in [-0.25, -0.2) is 4.79 Å². The maximum absolute atomic E-state index is 13.5. The Balaban J connectivity index is 1.48. The number of unbranched alkanes of at least 4 members (excludes halogenated alkanes) is 2. The molecule has 0 bridgehead atoms. The second-order valence-corrected chi connectivity index (χ2v) is 12.1. The fourth-order valence-electron chi connectivity index (χ4n) is 7.93. The number of fused-ring (bicyclic) bond motifs is 5. The van der Waals surface area contributed by atoms with Crippen molar-refractivity contribution in [3.8, 4) is 0 Å². The maximum atomic E-state index is 13.5. The Morgan fingerprint density at radius 2 is 1.90 bits per heavy atom. The largest absolute Gasteiger partial charge is 0.458 e. The van der Waals surface area contributed by atoms with Crippen LogP contribution in [0.5, 0.6) is 0 Å². The first-order chi connectivity index (χ1) is 14.6. The van der Waals surface area contributed by atoms with Crippen LogP contribution in [0.15, 0.2) is 12.2 Å². The van der Waals surface area contributed by atoms with Crippen molar-refractivity contribution in [2.24, 2.45) is 34.5 Å². The van der Waals surface area contributed by atoms with Crippen LogP contribution in [-0.2, 0) is 14.3 Å². The molecular formula is C27H43NO3. The van der Waals surface area contributed by atoms with Gasteiger partial charge in [0.25, 0.3) is 0 Å². The molecule has 0 aromatic heterocycles. The van der Waals surface area contributed by atoms with Crippen molar-refractivity contribution in [3.05, 3.63) is 12.2 Å². The highest BCUT2D eigenvalue weighted by molar-refractivity contribution is 5.83. The topological polar surface area (TPSA) is 55.4 Å². The van der Waals surface area contributed by atoms with Gasteiger partial charge < -0.3 is 10.1 Å². The number of hydrogen-bond donors (Lipinski definition) is 1. The van der Waals surface area contributed by atoms with E-state index in [0.717, 1.165) is 44.9 Å². The van der Waals surface area contributed by atoms with Crippen molar-refractivity contribution in [1.29, 1.82) is 0 Å². The third kappa shape index (κ3) is 3.97. The summed E-state index contributed by atoms with van der Waals surface area (Å²) in [6.07, 6.45) is 15.0. The molecule has 1 heterocycles. The lowest BCUT2D eigenvalue weighted by Gasteiger charge is -2.58. The number of amides is 1. The van der Waals surface area contributed by atoms with E-state index in [4.69, 9.17) is 4.74 Å². The van der Waals surface area contributed by atoms with Gasteiger partial charge in [-0.15, -0.1) is 0 Å². The van der Waals surface area contributed by atoms with Gasteiger partial charge in [0.05, 0.1) is 0 Å². The van der Waals surface area contributed by atoms with Crippen LogP contribution in [0.3, 0.4) is 0 Å². The Morgan fingerprint density at radius 1 is 1.13 bits per heavy atom. The first kappa shape index (κ1) is 22.9. The molecule has 3 saturated carbocycles. The van der Waals surface area contributed by atoms with Gasteiger partial charge in [-0.1, -0.05) is 46.1 Å². The number of rotatable bonds is 6. The van der Waals surface area contributed by atoms with Crippen LogP contribution in [0.2, 0.25) is 0 Å². The van der Waals surface area contributed by atoms with E-state index in [1.807, 2.05) is 0 Å². The highest BCUT2D eigenvalue weighted by Gasteiger charge is 2.61. The summed E-state index contributed by atoms with van der Waals surface area (Å²) < 4.78 is 5.74. The average molecular weight is 430 g/mol. The smallest absolute Gasteiger partial charge is 0.330 e. The molecule has 1 aliphatic heterocycles. The van der Waals surface area contributed by atoms with Gasteiger partial charge in [-0.05, 0) is 82.0 Å². The second kappa shape index (κ2) is 8.23. The fraction of sp³-hybridized carbons (Fsp3) is 0.852. The van der Waals surface area contributed by atoms with E-state index < -0.39 is 0 Å². The molecule has 4 nitrogen and oxygen atoms in total. The zero-order valence-electron chi connectivity index (χ0n) is 20.3. The van der Waals surface area contributed by atoms with Crippen molar-refractivity contribution in [3.63, 3.8) is 0 Å². The molecule has 7 atom stereocenters. The van der Waals surface area contributed by atoms with E-state index in [0.29, 0.717) is 17.8 Å². The third-order valence-electron chi connectivity index (χ3n) is 9.71. The first-order valence-corrected chi connectivity index (χ1v) is 12.8. The van der Waals surface area contributed by atoms with Crippen molar-refractivity contribution >= 4 is 11.9 Å². The van der Waals surface area contributed by atoms with E-state index in [9.17, 15) is 9.59 Å². The van der Waals surface area contributed by atoms with E-state index in [1.54, 1.807) is 6.08 Å². The summed E-state index contributed by atoms with van der Waals surface area (Å²) in [6, 6.07) is 0. The summed E-state index contributed by atoms with van der Waals surface area (Å²) >= 11 is 0. The molecule has 4 rings (SSSR count). The quantitative estimate of drug-likeness (QED) is 0.429. The van der Waals surface area contributed by atoms with E-state index >= 15 is 0 Å². The highest BCUT2D eigenvalue weighted by atomic mass is 16.5. The summed E-state index contributed by atoms with van der Waals surface area (Å²) in [4.78, 5) is 25.3. The molecule has 4 heteroatoms. The first-order valence-electron chi connectivity index (χ1n) is 12.8. The molecule has 0 aromatic carbocycles. The van der Waals surface area contributed by atoms with Crippen molar-refractivity contribution in [1.82, 2.24) is 5.32 Å². The number of carbonyl (C=O) groups excluding carboxylic acids is 2. The number of esters is 1. The van der Waals surface area contributed by atoms with E-state index in [2.05, 4.69) is 46.0 Å². The van der Waals surface area contributed by atoms with Crippen LogP contribution in [0.4, 0.5) is 0 Å². The number of ether oxygens (including phenoxy) is 1. The summed E-state index contributed by atoms with van der Waals surface area (Å²) in [6.45, 7) is 11.3. The van der Waals surface area contributed by atoms with Crippen molar-refractivity contribution < 1.29 is 14.3 Å². The van der Waals surface area contributed by atoms with Gasteiger partial charge in [0, 0.05) is 22.9 Å². The predicted octanol–water partition coefficient (Wildman–Crippen LogP) is 5.80. The molecule has 4 aliphatic rings. The molecule has 31 heavy (non-hydrogen) atoms. The Kier molecular flexibility index (Phi) is 6.07. The molecule has 3 aliphatic carbocycles. The molecule has 1 N–H and O–H groups in total. The molecule has 3 fully saturated rings. The van der Waals surface area contributed by atoms with Gasteiger partial charge in [0.2, 0.25) is 5.91 Å². The zero-order valence-corrected chi connectivity index (χ0v) is 20.3. The fourth-order valence-corrected chi connectivity index (χ4v) is 7.93. The van der Waals surface area contributed by atoms with E-state index in [-0.39, 0.29) is 40.3 Å². The van der Waals surface area contributed by atoms with Crippen LogP contribution in [0.1, 0.15) is 98.8 Å². The van der Waals surface area contributed by atoms with Crippen molar-refractivity contribution in [2.45, 2.75) is 110 Å². The minimum absolute atomic E-state index is 0.0278. The number of carbonyl (C=O) groups is 2. The molecule has 0 radical (unpaired) electrons. The zero-order chi connectivity index (χ0) is 22.4. The summed E-state index contributed by atoms with van der Waals surface area (Å²) in [5.74, 6) is 2.04. The molecular weight excluding hydrogens is 386 g/mol. The lowest BCUT2D eigenvalue weighted by atomic mass is 9.48. The molecule has 0 unspecified atom stereocenters. The van der Waals surface area contributed by atoms with Gasteiger partial charge in [-0.3, -0.25) is 4.79 Å². The lowest BCUT2D eigenvalue weighted by Crippen LogP contribution is -2.56. The van der Waals surface area contributed by atoms with Crippen LogP contribution < -0.4 is 5.32 Å². The Labute approximate surface area is 189 Å². The lowest BCUT2D eigenvalue weighted by molar-refractivity contribution is -0.168. The third-order valence-corrected chi connectivity index (χ3v) is 9.71. The molecule has 0 spiro atoms. The predicted molar refractivity (Wildman–Crippen MR) is 123 cm³/mol. The van der Waals surface area contributed by atoms with Gasteiger partial charge in [0.15, 0.2) is 0 Å². The number of hydrogen-bond acceptors (Lipinski definition) is 3. The molecule has 1 amide bonds. The van der Waals surface area contributed by atoms with E-state index in [1.165, 1.54) is 19.3 Å². The second-order valence-electron chi connectivity index (χ2n) is 12.1. The highest BCUT2D eigenvalue weighted by Crippen LogP contribution is 2.65. The van der Waals surface area contributed by atoms with Gasteiger partial charge >= 0.3 is 5.97 Å². The van der Waals surface area contributed by atoms with Crippen LogP contribution in [0.25, 0.3) is 0 Å². The maximum Gasteiger partial charge on any atom is 0.330 e. The summed E-state index contributed by atoms with van der Waals surface area (Å²) in [5.41, 5.74) is -0.0665. The summed E-state index contributed by atoms with van der Waals surface area (Å²) in [7, 11) is 0. The van der Waals surface area contributed by atoms with Crippen molar-refractivity contribution in [2.75, 3.05) is 0 Å². The minimum Gasteiger partial charge on any atom is -0.458 e. The average Bonchev–Trinajstić information content (AvgIpc) is 3.05. The normalized spacial score (nSPS) is 41.7. The Morgan fingerprint density at radius 3 is 2.65 bits per heavy atom. The Hall–Kier alpha value is -1.32. The van der Waals surface area contributed by atoms with Gasteiger partial charge in [0.1, 0.15) is 6.10 Å². The van der Waals surface area contributed by atoms with Crippen LogP contribution in [-0.4, -0.2) is 23.5 Å². The monoisotopic (exact) mass is 429 g/mol. The van der Waals surface area contributed by atoms with Crippen LogP contribution >= 0.6 is 0 Å². The molecule has 0 saturated heterocycles. The molecule has 174 valence electrons. The van der Waals surface area contributed by atoms with Gasteiger partial charge in [-0.2, -0.15) is 0 Å². The Bertz CT molecular complexity index is 743. The standard InChI is InChI=1S/C27H43NO3/c1-6-7-8-15-25(2,3)28-24(30)21-11-10-19-18-9-12-22-27(5,17-14-23(29)31-22)20(18)13-16-26(19,21)4/h14,17-22H,6-13,15-16H2,1-5H3,(H,28,30)/t18-,19-,20-,21+,22+,26-,27+/m0/s1. The minimum atomic E-state index is -0.180.